The Labute approximate surface area is 83.5 Å². The highest BCUT2D eigenvalue weighted by Crippen LogP contribution is 2.35. The van der Waals surface area contributed by atoms with Crippen LogP contribution in [0.2, 0.25) is 0 Å². The zero-order chi connectivity index (χ0) is 8.60. The van der Waals surface area contributed by atoms with Gasteiger partial charge in [0.1, 0.15) is 6.10 Å². The van der Waals surface area contributed by atoms with Crippen molar-refractivity contribution >= 4 is 18.3 Å². The van der Waals surface area contributed by atoms with Crippen molar-refractivity contribution in [1.82, 2.24) is 10.6 Å². The minimum atomic E-state index is -0.778. The van der Waals surface area contributed by atoms with Gasteiger partial charge in [-0.25, -0.2) is 0 Å². The lowest BCUT2D eigenvalue weighted by atomic mass is 9.76. The normalized spacial score (nSPS) is 31.2. The molecule has 1 unspecified atom stereocenters. The molecule has 2 fully saturated rings. The fraction of sp³-hybridized carbons (Fsp3) is 0.875. The first-order chi connectivity index (χ1) is 5.75. The van der Waals surface area contributed by atoms with Gasteiger partial charge in [0, 0.05) is 12.0 Å². The zero-order valence-corrected chi connectivity index (χ0v) is 8.19. The molecule has 0 aliphatic carbocycles. The van der Waals surface area contributed by atoms with Gasteiger partial charge in [0.05, 0.1) is 0 Å². The minimum absolute atomic E-state index is 0. The van der Waals surface area contributed by atoms with Crippen LogP contribution >= 0.6 is 12.4 Å². The fourth-order valence-electron chi connectivity index (χ4n) is 2.11. The minimum Gasteiger partial charge on any atom is -0.383 e. The van der Waals surface area contributed by atoms with E-state index in [1.54, 1.807) is 0 Å². The second kappa shape index (κ2) is 3.82. The van der Waals surface area contributed by atoms with E-state index >= 15 is 0 Å². The Hall–Kier alpha value is -0.320. The first-order valence-corrected chi connectivity index (χ1v) is 4.41. The van der Waals surface area contributed by atoms with Crippen LogP contribution in [-0.2, 0) is 4.79 Å². The largest absolute Gasteiger partial charge is 0.383 e. The maximum atomic E-state index is 11.1. The van der Waals surface area contributed by atoms with Crippen LogP contribution < -0.4 is 10.6 Å². The average molecular weight is 207 g/mol. The maximum absolute atomic E-state index is 11.1. The number of rotatable bonds is 0. The van der Waals surface area contributed by atoms with Crippen molar-refractivity contribution in [2.45, 2.75) is 18.9 Å². The molecule has 0 aromatic rings. The van der Waals surface area contributed by atoms with Crippen molar-refractivity contribution < 1.29 is 9.90 Å². The fourth-order valence-corrected chi connectivity index (χ4v) is 2.11. The molecule has 1 atom stereocenters. The molecule has 13 heavy (non-hydrogen) atoms. The highest BCUT2D eigenvalue weighted by Gasteiger charge is 2.47. The number of carbonyl (C=O) groups excluding carboxylic acids is 1. The van der Waals surface area contributed by atoms with E-state index in [2.05, 4.69) is 10.6 Å². The topological polar surface area (TPSA) is 61.4 Å². The van der Waals surface area contributed by atoms with Crippen LogP contribution in [0.25, 0.3) is 0 Å². The number of aliphatic hydroxyl groups excluding tert-OH is 1. The third-order valence-corrected chi connectivity index (χ3v) is 3.04. The molecular weight excluding hydrogens is 192 g/mol. The van der Waals surface area contributed by atoms with Crippen molar-refractivity contribution in [3.05, 3.63) is 0 Å². The average Bonchev–Trinajstić information content (AvgIpc) is 2.37. The summed E-state index contributed by atoms with van der Waals surface area (Å²) in [5.74, 6) is -0.197. The molecular formula is C8H15ClN2O2. The second-order valence-electron chi connectivity index (χ2n) is 3.73. The standard InChI is InChI=1S/C8H14N2O2.ClH/c11-6-7(12)10-5-8(6)1-3-9-4-2-8;/h6,9,11H,1-5H2,(H,10,12);1H. The Kier molecular flexibility index (Phi) is 3.16. The molecule has 76 valence electrons. The second-order valence-corrected chi connectivity index (χ2v) is 3.73. The summed E-state index contributed by atoms with van der Waals surface area (Å²) in [6, 6.07) is 0. The number of piperidine rings is 1. The van der Waals surface area contributed by atoms with E-state index in [9.17, 15) is 9.90 Å². The Bertz CT molecular complexity index is 204. The van der Waals surface area contributed by atoms with E-state index < -0.39 is 6.10 Å². The number of hydrogen-bond donors (Lipinski definition) is 3. The van der Waals surface area contributed by atoms with E-state index in [-0.39, 0.29) is 23.7 Å². The molecule has 5 heteroatoms. The molecule has 4 nitrogen and oxygen atoms in total. The first-order valence-electron chi connectivity index (χ1n) is 4.41. The number of aliphatic hydroxyl groups is 1. The summed E-state index contributed by atoms with van der Waals surface area (Å²) in [4.78, 5) is 11.1. The van der Waals surface area contributed by atoms with E-state index in [1.807, 2.05) is 0 Å². The summed E-state index contributed by atoms with van der Waals surface area (Å²) in [6.07, 6.45) is 1.01. The number of nitrogens with one attached hydrogen (secondary N) is 2. The van der Waals surface area contributed by atoms with Crippen LogP contribution in [0.15, 0.2) is 0 Å². The third-order valence-electron chi connectivity index (χ3n) is 3.04. The molecule has 0 saturated carbocycles. The SMILES string of the molecule is Cl.O=C1NCC2(CCNCC2)C1O. The Balaban J connectivity index is 0.000000845. The van der Waals surface area contributed by atoms with E-state index in [4.69, 9.17) is 0 Å². The summed E-state index contributed by atoms with van der Waals surface area (Å²) < 4.78 is 0. The van der Waals surface area contributed by atoms with Gasteiger partial charge in [-0.1, -0.05) is 0 Å². The number of carbonyl (C=O) groups is 1. The molecule has 0 aromatic heterocycles. The van der Waals surface area contributed by atoms with Crippen LogP contribution in [0.1, 0.15) is 12.8 Å². The predicted molar refractivity (Wildman–Crippen MR) is 50.8 cm³/mol. The molecule has 3 N–H and O–H groups in total. The summed E-state index contributed by atoms with van der Waals surface area (Å²) in [5, 5.41) is 15.6. The third kappa shape index (κ3) is 1.66. The number of hydrogen-bond acceptors (Lipinski definition) is 3. The predicted octanol–water partition coefficient (Wildman–Crippen LogP) is -0.731. The molecule has 2 heterocycles. The van der Waals surface area contributed by atoms with E-state index in [1.165, 1.54) is 0 Å². The van der Waals surface area contributed by atoms with Gasteiger partial charge in [0.2, 0.25) is 5.91 Å². The van der Waals surface area contributed by atoms with Crippen LogP contribution in [0.5, 0.6) is 0 Å². The molecule has 1 amide bonds. The number of halogens is 1. The zero-order valence-electron chi connectivity index (χ0n) is 7.38. The Morgan fingerprint density at radius 3 is 2.46 bits per heavy atom. The van der Waals surface area contributed by atoms with Gasteiger partial charge in [-0.15, -0.1) is 12.4 Å². The van der Waals surface area contributed by atoms with Crippen molar-refractivity contribution in [3.63, 3.8) is 0 Å². The monoisotopic (exact) mass is 206 g/mol. The summed E-state index contributed by atoms with van der Waals surface area (Å²) in [7, 11) is 0. The van der Waals surface area contributed by atoms with Gasteiger partial charge in [-0.2, -0.15) is 0 Å². The molecule has 1 spiro atoms. The molecule has 0 radical (unpaired) electrons. The summed E-state index contributed by atoms with van der Waals surface area (Å²) in [6.45, 7) is 2.46. The lowest BCUT2D eigenvalue weighted by Gasteiger charge is -2.34. The van der Waals surface area contributed by atoms with Crippen molar-refractivity contribution in [3.8, 4) is 0 Å². The quantitative estimate of drug-likeness (QED) is 0.490. The lowest BCUT2D eigenvalue weighted by molar-refractivity contribution is -0.129. The Morgan fingerprint density at radius 1 is 1.38 bits per heavy atom. The van der Waals surface area contributed by atoms with Crippen LogP contribution in [0.3, 0.4) is 0 Å². The highest BCUT2D eigenvalue weighted by atomic mass is 35.5. The van der Waals surface area contributed by atoms with Crippen molar-refractivity contribution in [2.24, 2.45) is 5.41 Å². The smallest absolute Gasteiger partial charge is 0.249 e. The molecule has 0 aromatic carbocycles. The lowest BCUT2D eigenvalue weighted by Crippen LogP contribution is -2.44. The van der Waals surface area contributed by atoms with Crippen LogP contribution in [-0.4, -0.2) is 36.8 Å². The van der Waals surface area contributed by atoms with E-state index in [0.29, 0.717) is 6.54 Å². The van der Waals surface area contributed by atoms with Gasteiger partial charge in [-0.05, 0) is 25.9 Å². The van der Waals surface area contributed by atoms with E-state index in [0.717, 1.165) is 25.9 Å². The van der Waals surface area contributed by atoms with Gasteiger partial charge in [0.25, 0.3) is 0 Å². The van der Waals surface area contributed by atoms with Crippen LogP contribution in [0.4, 0.5) is 0 Å². The van der Waals surface area contributed by atoms with Crippen molar-refractivity contribution in [2.75, 3.05) is 19.6 Å². The van der Waals surface area contributed by atoms with Gasteiger partial charge < -0.3 is 15.7 Å². The molecule has 2 aliphatic rings. The van der Waals surface area contributed by atoms with Gasteiger partial charge >= 0.3 is 0 Å². The molecule has 2 saturated heterocycles. The maximum Gasteiger partial charge on any atom is 0.249 e. The van der Waals surface area contributed by atoms with Crippen molar-refractivity contribution in [1.29, 1.82) is 0 Å². The number of amides is 1. The molecule has 2 aliphatic heterocycles. The summed E-state index contributed by atoms with van der Waals surface area (Å²) >= 11 is 0. The first kappa shape index (κ1) is 10.8. The van der Waals surface area contributed by atoms with Gasteiger partial charge in [-0.3, -0.25) is 4.79 Å². The van der Waals surface area contributed by atoms with Crippen LogP contribution in [0, 0.1) is 5.41 Å². The molecule has 2 rings (SSSR count). The van der Waals surface area contributed by atoms with Gasteiger partial charge in [0.15, 0.2) is 0 Å². The summed E-state index contributed by atoms with van der Waals surface area (Å²) in [5.41, 5.74) is -0.164. The molecule has 0 bridgehead atoms. The highest BCUT2D eigenvalue weighted by molar-refractivity contribution is 5.85. The Morgan fingerprint density at radius 2 is 2.00 bits per heavy atom.